The number of hydrogen-bond donors (Lipinski definition) is 0. The van der Waals surface area contributed by atoms with Crippen LogP contribution in [0.15, 0.2) is 30.3 Å². The van der Waals surface area contributed by atoms with E-state index in [4.69, 9.17) is 27.9 Å². The van der Waals surface area contributed by atoms with Gasteiger partial charge in [-0.05, 0) is 37.1 Å². The Morgan fingerprint density at radius 3 is 2.82 bits per heavy atom. The smallest absolute Gasteiger partial charge is 0.261 e. The Morgan fingerprint density at radius 2 is 2.11 bits per heavy atom. The third-order valence-electron chi connectivity index (χ3n) is 4.45. The van der Waals surface area contributed by atoms with E-state index in [1.165, 1.54) is 23.1 Å². The Balaban J connectivity index is 1.76. The molecule has 4 nitrogen and oxygen atoms in total. The van der Waals surface area contributed by atoms with Gasteiger partial charge in [-0.3, -0.25) is 9.69 Å². The Bertz CT molecular complexity index is 1050. The van der Waals surface area contributed by atoms with Gasteiger partial charge in [-0.2, -0.15) is 0 Å². The zero-order valence-corrected chi connectivity index (χ0v) is 16.8. The van der Waals surface area contributed by atoms with Crippen LogP contribution in [0.2, 0.25) is 10.0 Å². The molecule has 28 heavy (non-hydrogen) atoms. The summed E-state index contributed by atoms with van der Waals surface area (Å²) in [6.45, 7) is 0.857. The van der Waals surface area contributed by atoms with E-state index in [0.29, 0.717) is 16.3 Å². The van der Waals surface area contributed by atoms with Crippen molar-refractivity contribution in [3.05, 3.63) is 57.6 Å². The zero-order chi connectivity index (χ0) is 19.8. The Morgan fingerprint density at radius 1 is 1.29 bits per heavy atom. The van der Waals surface area contributed by atoms with Crippen molar-refractivity contribution in [2.24, 2.45) is 0 Å². The fourth-order valence-electron chi connectivity index (χ4n) is 3.11. The first-order valence-electron chi connectivity index (χ1n) is 8.56. The van der Waals surface area contributed by atoms with E-state index in [1.54, 1.807) is 6.07 Å². The van der Waals surface area contributed by atoms with Crippen molar-refractivity contribution in [1.82, 2.24) is 4.98 Å². The highest BCUT2D eigenvalue weighted by Crippen LogP contribution is 2.33. The van der Waals surface area contributed by atoms with Gasteiger partial charge in [-0.15, -0.1) is 0 Å². The number of hydrogen-bond acceptors (Lipinski definition) is 4. The minimum Gasteiger partial charge on any atom is -0.376 e. The van der Waals surface area contributed by atoms with Crippen LogP contribution in [0.3, 0.4) is 0 Å². The Hall–Kier alpha value is -1.80. The van der Waals surface area contributed by atoms with Gasteiger partial charge in [0.05, 0.1) is 27.9 Å². The number of nitrogens with zero attached hydrogens (tertiary/aromatic N) is 2. The molecule has 0 aliphatic carbocycles. The third kappa shape index (κ3) is 3.85. The summed E-state index contributed by atoms with van der Waals surface area (Å²) < 4.78 is 33.6. The van der Waals surface area contributed by atoms with Crippen molar-refractivity contribution >= 4 is 55.8 Å². The molecule has 1 amide bonds. The van der Waals surface area contributed by atoms with Gasteiger partial charge in [-0.25, -0.2) is 13.8 Å². The monoisotopic (exact) mass is 442 g/mol. The molecule has 1 aliphatic heterocycles. The number of halogens is 4. The minimum atomic E-state index is -0.772. The largest absolute Gasteiger partial charge is 0.376 e. The summed E-state index contributed by atoms with van der Waals surface area (Å²) in [6.07, 6.45) is 1.53. The number of benzene rings is 2. The average molecular weight is 443 g/mol. The molecule has 146 valence electrons. The molecule has 0 saturated carbocycles. The molecule has 0 N–H and O–H groups in total. The van der Waals surface area contributed by atoms with Gasteiger partial charge in [0.15, 0.2) is 10.9 Å². The van der Waals surface area contributed by atoms with Gasteiger partial charge >= 0.3 is 0 Å². The molecule has 1 aromatic heterocycles. The first kappa shape index (κ1) is 19.5. The van der Waals surface area contributed by atoms with Crippen LogP contribution in [0.25, 0.3) is 10.2 Å². The number of thiazole rings is 1. The molecule has 1 fully saturated rings. The number of rotatable bonds is 4. The van der Waals surface area contributed by atoms with Gasteiger partial charge < -0.3 is 4.74 Å². The van der Waals surface area contributed by atoms with E-state index < -0.39 is 17.5 Å². The van der Waals surface area contributed by atoms with Crippen molar-refractivity contribution in [3.63, 3.8) is 0 Å². The Kier molecular flexibility index (Phi) is 5.51. The van der Waals surface area contributed by atoms with E-state index in [1.807, 2.05) is 0 Å². The van der Waals surface area contributed by atoms with Crippen LogP contribution in [-0.2, 0) is 4.74 Å². The number of aromatic nitrogens is 1. The van der Waals surface area contributed by atoms with Crippen molar-refractivity contribution < 1.29 is 18.3 Å². The molecule has 2 aromatic carbocycles. The number of carbonyl (C=O) groups is 1. The lowest BCUT2D eigenvalue weighted by Crippen LogP contribution is -2.37. The molecule has 1 atom stereocenters. The van der Waals surface area contributed by atoms with Gasteiger partial charge in [0.25, 0.3) is 5.91 Å². The topological polar surface area (TPSA) is 42.4 Å². The van der Waals surface area contributed by atoms with Crippen molar-refractivity contribution in [3.8, 4) is 0 Å². The molecule has 2 heterocycles. The van der Waals surface area contributed by atoms with Gasteiger partial charge in [0.2, 0.25) is 0 Å². The lowest BCUT2D eigenvalue weighted by molar-refractivity contribution is 0.0917. The second-order valence-electron chi connectivity index (χ2n) is 6.41. The molecular formula is C19H14Cl2F2N2O2S. The highest BCUT2D eigenvalue weighted by molar-refractivity contribution is 7.22. The second-order valence-corrected chi connectivity index (χ2v) is 8.26. The van der Waals surface area contributed by atoms with E-state index in [0.717, 1.165) is 30.2 Å². The van der Waals surface area contributed by atoms with E-state index in [9.17, 15) is 13.6 Å². The van der Waals surface area contributed by atoms with Crippen molar-refractivity contribution in [2.45, 2.75) is 18.9 Å². The van der Waals surface area contributed by atoms with Crippen LogP contribution in [0.4, 0.5) is 13.9 Å². The predicted octanol–water partition coefficient (Wildman–Crippen LogP) is 5.71. The van der Waals surface area contributed by atoms with Crippen LogP contribution in [-0.4, -0.2) is 30.1 Å². The summed E-state index contributed by atoms with van der Waals surface area (Å²) >= 11 is 13.2. The van der Waals surface area contributed by atoms with Crippen LogP contribution < -0.4 is 4.90 Å². The van der Waals surface area contributed by atoms with Crippen LogP contribution in [0.5, 0.6) is 0 Å². The number of anilines is 1. The molecule has 3 aromatic rings. The maximum atomic E-state index is 14.1. The second kappa shape index (κ2) is 7.91. The summed E-state index contributed by atoms with van der Waals surface area (Å²) in [6, 6.07) is 6.55. The molecule has 4 rings (SSSR count). The molecule has 0 spiro atoms. The third-order valence-corrected chi connectivity index (χ3v) is 6.02. The molecule has 9 heteroatoms. The first-order chi connectivity index (χ1) is 13.4. The average Bonchev–Trinajstić information content (AvgIpc) is 3.28. The lowest BCUT2D eigenvalue weighted by atomic mass is 10.1. The quantitative estimate of drug-likeness (QED) is 0.519. The van der Waals surface area contributed by atoms with Gasteiger partial charge in [0.1, 0.15) is 11.3 Å². The predicted molar refractivity (Wildman–Crippen MR) is 107 cm³/mol. The summed E-state index contributed by atoms with van der Waals surface area (Å²) in [5, 5.41) is 0.865. The van der Waals surface area contributed by atoms with Crippen molar-refractivity contribution in [1.29, 1.82) is 0 Å². The maximum Gasteiger partial charge on any atom is 0.261 e. The van der Waals surface area contributed by atoms with Crippen LogP contribution in [0, 0.1) is 11.6 Å². The molecule has 1 aliphatic rings. The van der Waals surface area contributed by atoms with E-state index >= 15 is 0 Å². The SMILES string of the molecule is O=C(c1ccc(Cl)cc1Cl)N(CC1CCCO1)c1nc2c(F)cc(F)cc2s1. The van der Waals surface area contributed by atoms with Crippen LogP contribution in [0.1, 0.15) is 23.2 Å². The molecule has 0 radical (unpaired) electrons. The Labute approximate surface area is 173 Å². The fraction of sp³-hybridized carbons (Fsp3) is 0.263. The molecule has 1 unspecified atom stereocenters. The number of carbonyl (C=O) groups excluding carboxylic acids is 1. The number of amides is 1. The summed E-state index contributed by atoms with van der Waals surface area (Å²) in [5.74, 6) is -1.87. The summed E-state index contributed by atoms with van der Waals surface area (Å²) in [7, 11) is 0. The van der Waals surface area contributed by atoms with Gasteiger partial charge in [-0.1, -0.05) is 34.5 Å². The molecule has 0 bridgehead atoms. The molecular weight excluding hydrogens is 429 g/mol. The lowest BCUT2D eigenvalue weighted by Gasteiger charge is -2.23. The van der Waals surface area contributed by atoms with Crippen molar-refractivity contribution in [2.75, 3.05) is 18.1 Å². The minimum absolute atomic E-state index is 0.0220. The zero-order valence-electron chi connectivity index (χ0n) is 14.4. The standard InChI is InChI=1S/C19H14Cl2F2N2O2S/c20-10-3-4-13(14(21)6-10)18(26)25(9-12-2-1-5-27-12)19-24-17-15(23)7-11(22)8-16(17)28-19/h3-4,6-8,12H,1-2,5,9H2. The summed E-state index contributed by atoms with van der Waals surface area (Å²) in [5.41, 5.74) is 0.267. The molecule has 1 saturated heterocycles. The number of fused-ring (bicyclic) bond motifs is 1. The summed E-state index contributed by atoms with van der Waals surface area (Å²) in [4.78, 5) is 18.9. The highest BCUT2D eigenvalue weighted by atomic mass is 35.5. The highest BCUT2D eigenvalue weighted by Gasteiger charge is 2.28. The maximum absolute atomic E-state index is 14.1. The fourth-order valence-corrected chi connectivity index (χ4v) is 4.61. The first-order valence-corrected chi connectivity index (χ1v) is 10.1. The normalized spacial score (nSPS) is 16.6. The van der Waals surface area contributed by atoms with Crippen LogP contribution >= 0.6 is 34.5 Å². The van der Waals surface area contributed by atoms with E-state index in [-0.39, 0.29) is 33.9 Å². The van der Waals surface area contributed by atoms with Gasteiger partial charge in [0, 0.05) is 17.7 Å². The number of ether oxygens (including phenoxy) is 1. The van der Waals surface area contributed by atoms with E-state index in [2.05, 4.69) is 4.98 Å².